The average molecular weight is 498 g/mol. The summed E-state index contributed by atoms with van der Waals surface area (Å²) >= 11 is 6.09. The second-order valence-electron chi connectivity index (χ2n) is 7.15. The molecular weight excluding hydrogens is 478 g/mol. The van der Waals surface area contributed by atoms with Crippen LogP contribution in [0.1, 0.15) is 16.1 Å². The lowest BCUT2D eigenvalue weighted by Gasteiger charge is -2.14. The lowest BCUT2D eigenvalue weighted by atomic mass is 10.2. The molecule has 11 heteroatoms. The quantitative estimate of drug-likeness (QED) is 0.393. The lowest BCUT2D eigenvalue weighted by molar-refractivity contribution is 0.102. The number of carbonyl (C=O) groups excluding carboxylic acids is 1. The molecule has 174 valence electrons. The fourth-order valence-electron chi connectivity index (χ4n) is 3.25. The number of para-hydroxylation sites is 1. The van der Waals surface area contributed by atoms with Gasteiger partial charge in [-0.3, -0.25) is 9.52 Å². The fraction of sp³-hybridized carbons (Fsp3) is 0.0870. The first-order chi connectivity index (χ1) is 16.3. The number of rotatable bonds is 7. The van der Waals surface area contributed by atoms with E-state index in [-0.39, 0.29) is 27.0 Å². The van der Waals surface area contributed by atoms with Crippen molar-refractivity contribution in [1.82, 2.24) is 14.8 Å². The number of ether oxygens (including phenoxy) is 1. The van der Waals surface area contributed by atoms with Gasteiger partial charge in [0, 0.05) is 11.9 Å². The van der Waals surface area contributed by atoms with E-state index in [1.807, 2.05) is 6.07 Å². The molecule has 0 atom stereocenters. The Hall–Kier alpha value is -3.89. The van der Waals surface area contributed by atoms with Gasteiger partial charge in [0.05, 0.1) is 35.3 Å². The summed E-state index contributed by atoms with van der Waals surface area (Å²) < 4.78 is 35.4. The monoisotopic (exact) mass is 497 g/mol. The molecule has 0 saturated heterocycles. The van der Waals surface area contributed by atoms with Gasteiger partial charge in [0.2, 0.25) is 0 Å². The zero-order chi connectivity index (χ0) is 24.3. The maximum Gasteiger partial charge on any atom is 0.265 e. The van der Waals surface area contributed by atoms with Crippen LogP contribution < -0.4 is 14.8 Å². The molecule has 0 bridgehead atoms. The molecule has 1 amide bonds. The van der Waals surface area contributed by atoms with Gasteiger partial charge in [-0.05, 0) is 49.4 Å². The number of benzene rings is 2. The summed E-state index contributed by atoms with van der Waals surface area (Å²) in [6, 6.07) is 16.2. The van der Waals surface area contributed by atoms with Crippen LogP contribution in [0.2, 0.25) is 5.02 Å². The van der Waals surface area contributed by atoms with E-state index in [4.69, 9.17) is 16.3 Å². The van der Waals surface area contributed by atoms with E-state index in [2.05, 4.69) is 20.1 Å². The van der Waals surface area contributed by atoms with E-state index >= 15 is 0 Å². The van der Waals surface area contributed by atoms with Gasteiger partial charge in [0.1, 0.15) is 10.6 Å². The zero-order valence-corrected chi connectivity index (χ0v) is 19.8. The Morgan fingerprint density at radius 3 is 2.56 bits per heavy atom. The van der Waals surface area contributed by atoms with Gasteiger partial charge < -0.3 is 10.1 Å². The molecule has 2 aromatic heterocycles. The van der Waals surface area contributed by atoms with Crippen molar-refractivity contribution in [3.63, 3.8) is 0 Å². The van der Waals surface area contributed by atoms with Crippen LogP contribution in [-0.4, -0.2) is 36.2 Å². The number of nitrogens with zero attached hydrogens (tertiary/aromatic N) is 3. The van der Waals surface area contributed by atoms with Gasteiger partial charge >= 0.3 is 0 Å². The first kappa shape index (κ1) is 23.3. The molecule has 2 N–H and O–H groups in total. The number of pyridine rings is 1. The number of halogens is 1. The van der Waals surface area contributed by atoms with Crippen LogP contribution in [0.25, 0.3) is 5.82 Å². The molecule has 34 heavy (non-hydrogen) atoms. The molecule has 0 spiro atoms. The molecule has 0 radical (unpaired) electrons. The van der Waals surface area contributed by atoms with Crippen molar-refractivity contribution in [3.05, 3.63) is 89.3 Å². The predicted molar refractivity (Wildman–Crippen MR) is 129 cm³/mol. The van der Waals surface area contributed by atoms with Gasteiger partial charge in [-0.25, -0.2) is 18.1 Å². The van der Waals surface area contributed by atoms with E-state index in [9.17, 15) is 13.2 Å². The number of aromatic nitrogens is 3. The van der Waals surface area contributed by atoms with Crippen LogP contribution in [-0.2, 0) is 10.0 Å². The number of methoxy groups -OCH3 is 1. The SMILES string of the molecule is COc1ccc(NC(=O)c2cnn(-c3ccccn3)c2C)cc1S(=O)(=O)Nc1ccccc1Cl. The molecule has 0 unspecified atom stereocenters. The van der Waals surface area contributed by atoms with Crippen molar-refractivity contribution >= 4 is 38.9 Å². The Kier molecular flexibility index (Phi) is 6.53. The third-order valence-electron chi connectivity index (χ3n) is 4.95. The molecule has 4 aromatic rings. The van der Waals surface area contributed by atoms with Crippen LogP contribution in [0.15, 0.2) is 78.0 Å². The number of anilines is 2. The van der Waals surface area contributed by atoms with Crippen LogP contribution in [0.3, 0.4) is 0 Å². The molecule has 9 nitrogen and oxygen atoms in total. The molecule has 4 rings (SSSR count). The highest BCUT2D eigenvalue weighted by atomic mass is 35.5. The molecule has 2 aromatic carbocycles. The Morgan fingerprint density at radius 2 is 1.85 bits per heavy atom. The first-order valence-corrected chi connectivity index (χ1v) is 11.9. The summed E-state index contributed by atoms with van der Waals surface area (Å²) in [6.07, 6.45) is 3.06. The normalized spacial score (nSPS) is 11.1. The maximum atomic E-state index is 13.1. The van der Waals surface area contributed by atoms with Gasteiger partial charge in [0.15, 0.2) is 5.82 Å². The highest BCUT2D eigenvalue weighted by Crippen LogP contribution is 2.31. The number of hydrogen-bond donors (Lipinski definition) is 2. The van der Waals surface area contributed by atoms with E-state index in [0.717, 1.165) is 0 Å². The largest absolute Gasteiger partial charge is 0.495 e. The van der Waals surface area contributed by atoms with Crippen LogP contribution in [0, 0.1) is 6.92 Å². The topological polar surface area (TPSA) is 115 Å². The summed E-state index contributed by atoms with van der Waals surface area (Å²) in [4.78, 5) is 17.0. The standard InChI is InChI=1S/C23H20ClN5O4S/c1-15-17(14-26-29(15)22-9-5-6-12-25-22)23(30)27-16-10-11-20(33-2)21(13-16)34(31,32)28-19-8-4-3-7-18(19)24/h3-14,28H,1-2H3,(H,27,30). The van der Waals surface area contributed by atoms with Crippen molar-refractivity contribution < 1.29 is 17.9 Å². The maximum absolute atomic E-state index is 13.1. The third kappa shape index (κ3) is 4.73. The highest BCUT2D eigenvalue weighted by Gasteiger charge is 2.23. The minimum Gasteiger partial charge on any atom is -0.495 e. The van der Waals surface area contributed by atoms with Crippen molar-refractivity contribution in [2.24, 2.45) is 0 Å². The number of carbonyl (C=O) groups is 1. The second kappa shape index (κ2) is 9.54. The van der Waals surface area contributed by atoms with Crippen molar-refractivity contribution in [2.45, 2.75) is 11.8 Å². The van der Waals surface area contributed by atoms with Crippen LogP contribution in [0.5, 0.6) is 5.75 Å². The van der Waals surface area contributed by atoms with Gasteiger partial charge in [-0.1, -0.05) is 29.8 Å². The summed E-state index contributed by atoms with van der Waals surface area (Å²) in [5.74, 6) is 0.228. The Balaban J connectivity index is 1.62. The summed E-state index contributed by atoms with van der Waals surface area (Å²) in [5.41, 5.74) is 1.38. The fourth-order valence-corrected chi connectivity index (χ4v) is 4.76. The van der Waals surface area contributed by atoms with E-state index in [0.29, 0.717) is 17.1 Å². The minimum absolute atomic E-state index is 0.108. The Morgan fingerprint density at radius 1 is 1.09 bits per heavy atom. The Bertz CT molecular complexity index is 1460. The van der Waals surface area contributed by atoms with Crippen molar-refractivity contribution in [1.29, 1.82) is 0 Å². The van der Waals surface area contributed by atoms with Gasteiger partial charge in [-0.2, -0.15) is 5.10 Å². The van der Waals surface area contributed by atoms with Gasteiger partial charge in [-0.15, -0.1) is 0 Å². The lowest BCUT2D eigenvalue weighted by Crippen LogP contribution is -2.16. The van der Waals surface area contributed by atoms with Crippen LogP contribution >= 0.6 is 11.6 Å². The van der Waals surface area contributed by atoms with Crippen molar-refractivity contribution in [2.75, 3.05) is 17.1 Å². The first-order valence-electron chi connectivity index (χ1n) is 10.0. The van der Waals surface area contributed by atoms with E-state index < -0.39 is 15.9 Å². The number of sulfonamides is 1. The molecule has 2 heterocycles. The number of amides is 1. The number of hydrogen-bond acceptors (Lipinski definition) is 6. The molecular formula is C23H20ClN5O4S. The molecule has 0 aliphatic carbocycles. The summed E-state index contributed by atoms with van der Waals surface area (Å²) in [6.45, 7) is 1.74. The summed E-state index contributed by atoms with van der Waals surface area (Å²) in [7, 11) is -2.72. The molecule has 0 fully saturated rings. The average Bonchev–Trinajstić information content (AvgIpc) is 3.22. The molecule has 0 saturated carbocycles. The molecule has 0 aliphatic heterocycles. The molecule has 0 aliphatic rings. The van der Waals surface area contributed by atoms with Gasteiger partial charge in [0.25, 0.3) is 15.9 Å². The zero-order valence-electron chi connectivity index (χ0n) is 18.2. The minimum atomic E-state index is -4.08. The van der Waals surface area contributed by atoms with Crippen molar-refractivity contribution in [3.8, 4) is 11.6 Å². The second-order valence-corrected chi connectivity index (χ2v) is 9.21. The third-order valence-corrected chi connectivity index (χ3v) is 6.67. The summed E-state index contributed by atoms with van der Waals surface area (Å²) in [5, 5.41) is 7.20. The van der Waals surface area contributed by atoms with E-state index in [1.54, 1.807) is 60.3 Å². The predicted octanol–water partition coefficient (Wildman–Crippen LogP) is 4.29. The Labute approximate surface area is 201 Å². The van der Waals surface area contributed by atoms with Crippen LogP contribution in [0.4, 0.5) is 11.4 Å². The highest BCUT2D eigenvalue weighted by molar-refractivity contribution is 7.92. The number of nitrogens with one attached hydrogen (secondary N) is 2. The van der Waals surface area contributed by atoms with E-state index in [1.165, 1.54) is 25.4 Å². The smallest absolute Gasteiger partial charge is 0.265 e.